The summed E-state index contributed by atoms with van der Waals surface area (Å²) in [6.45, 7) is 7.13. The Balaban J connectivity index is 2.05. The minimum absolute atomic E-state index is 0.625. The minimum Gasteiger partial charge on any atom is -0.457 e. The average Bonchev–Trinajstić information content (AvgIpc) is 2.44. The first-order chi connectivity index (χ1) is 10.7. The van der Waals surface area contributed by atoms with Crippen LogP contribution in [-0.4, -0.2) is 23.8 Å². The topological polar surface area (TPSA) is 38.7 Å². The molecule has 0 aliphatic heterocycles. The van der Waals surface area contributed by atoms with E-state index >= 15 is 0 Å². The van der Waals surface area contributed by atoms with Gasteiger partial charge in [0.2, 0.25) is 0 Å². The van der Waals surface area contributed by atoms with Gasteiger partial charge < -0.3 is 14.5 Å². The van der Waals surface area contributed by atoms with Crippen LogP contribution >= 0.6 is 11.6 Å². The number of benzene rings is 2. The van der Waals surface area contributed by atoms with Crippen LogP contribution in [0, 0.1) is 0 Å². The van der Waals surface area contributed by atoms with Gasteiger partial charge in [0.1, 0.15) is 11.5 Å². The van der Waals surface area contributed by atoms with Crippen molar-refractivity contribution in [3.05, 3.63) is 53.6 Å². The van der Waals surface area contributed by atoms with Crippen LogP contribution in [-0.2, 0) is 4.65 Å². The highest BCUT2D eigenvalue weighted by molar-refractivity contribution is 6.47. The normalized spacial score (nSPS) is 12.1. The monoisotopic (exact) mass is 331 g/mol. The van der Waals surface area contributed by atoms with E-state index in [1.54, 1.807) is 33.5 Å². The van der Waals surface area contributed by atoms with Crippen LogP contribution < -0.4 is 10.2 Å². The number of aliphatic hydroxyl groups is 1. The van der Waals surface area contributed by atoms with Crippen molar-refractivity contribution in [2.24, 2.45) is 0 Å². The van der Waals surface area contributed by atoms with Gasteiger partial charge in [-0.15, -0.1) is 0 Å². The van der Waals surface area contributed by atoms with Gasteiger partial charge in [-0.25, -0.2) is 0 Å². The van der Waals surface area contributed by atoms with E-state index in [1.165, 1.54) is 0 Å². The molecular weight excluding hydrogens is 310 g/mol. The summed E-state index contributed by atoms with van der Waals surface area (Å²) in [5.41, 5.74) is -0.822. The Labute approximate surface area is 143 Å². The summed E-state index contributed by atoms with van der Waals surface area (Å²) >= 11 is 5.96. The Morgan fingerprint density at radius 2 is 1.57 bits per heavy atom. The summed E-state index contributed by atoms with van der Waals surface area (Å²) in [6.07, 6.45) is 0. The molecule has 1 N–H and O–H groups in total. The van der Waals surface area contributed by atoms with Gasteiger partial charge in [-0.05, 0) is 63.5 Å². The standard InChI is InChI=1S/C18H21BClO3/c1-17(2,21)18(3,4)23-19-13-7-5-9-15(11-13)22-16-10-6-8-14(20)12-16/h5-12,21H,1-4H3. The van der Waals surface area contributed by atoms with Crippen LogP contribution in [0.3, 0.4) is 0 Å². The first kappa shape index (κ1) is 17.9. The SMILES string of the molecule is CC(C)(O)C(C)(C)O[B]c1cccc(Oc2cccc(Cl)c2)c1. The van der Waals surface area contributed by atoms with E-state index in [-0.39, 0.29) is 0 Å². The van der Waals surface area contributed by atoms with Crippen molar-refractivity contribution in [2.75, 3.05) is 0 Å². The molecular formula is C18H21BClO3. The number of rotatable bonds is 6. The van der Waals surface area contributed by atoms with Gasteiger partial charge in [-0.2, -0.15) is 0 Å². The van der Waals surface area contributed by atoms with Crippen molar-refractivity contribution >= 4 is 24.5 Å². The molecule has 0 aromatic heterocycles. The third-order valence-electron chi connectivity index (χ3n) is 3.85. The van der Waals surface area contributed by atoms with Crippen LogP contribution in [0.1, 0.15) is 27.7 Å². The zero-order valence-corrected chi connectivity index (χ0v) is 14.6. The lowest BCUT2D eigenvalue weighted by Gasteiger charge is -2.37. The van der Waals surface area contributed by atoms with Crippen LogP contribution in [0.5, 0.6) is 11.5 Å². The van der Waals surface area contributed by atoms with Crippen molar-refractivity contribution in [1.82, 2.24) is 0 Å². The van der Waals surface area contributed by atoms with Crippen molar-refractivity contribution < 1.29 is 14.5 Å². The lowest BCUT2D eigenvalue weighted by atomic mass is 9.82. The zero-order valence-electron chi connectivity index (χ0n) is 13.8. The Bertz CT molecular complexity index is 665. The summed E-state index contributed by atoms with van der Waals surface area (Å²) < 4.78 is 11.5. The van der Waals surface area contributed by atoms with E-state index in [9.17, 15) is 5.11 Å². The fourth-order valence-corrected chi connectivity index (χ4v) is 1.86. The van der Waals surface area contributed by atoms with Crippen molar-refractivity contribution in [3.63, 3.8) is 0 Å². The molecule has 0 amide bonds. The van der Waals surface area contributed by atoms with Gasteiger partial charge in [0.05, 0.1) is 11.2 Å². The van der Waals surface area contributed by atoms with E-state index < -0.39 is 11.2 Å². The van der Waals surface area contributed by atoms with Gasteiger partial charge in [0, 0.05) is 5.02 Å². The second-order valence-corrected chi connectivity index (χ2v) is 6.87. The van der Waals surface area contributed by atoms with Gasteiger partial charge in [-0.1, -0.05) is 29.8 Å². The molecule has 3 nitrogen and oxygen atoms in total. The maximum atomic E-state index is 10.1. The number of hydrogen-bond acceptors (Lipinski definition) is 3. The van der Waals surface area contributed by atoms with Crippen LogP contribution in [0.2, 0.25) is 5.02 Å². The van der Waals surface area contributed by atoms with Crippen LogP contribution in [0.4, 0.5) is 0 Å². The maximum absolute atomic E-state index is 10.1. The molecule has 121 valence electrons. The Morgan fingerprint density at radius 3 is 2.17 bits per heavy atom. The molecule has 23 heavy (non-hydrogen) atoms. The Morgan fingerprint density at radius 1 is 0.957 bits per heavy atom. The second kappa shape index (κ2) is 6.96. The van der Waals surface area contributed by atoms with Gasteiger partial charge in [-0.3, -0.25) is 0 Å². The van der Waals surface area contributed by atoms with Crippen molar-refractivity contribution in [2.45, 2.75) is 38.9 Å². The molecule has 2 aromatic carbocycles. The predicted octanol–water partition coefficient (Wildman–Crippen LogP) is 3.94. The highest BCUT2D eigenvalue weighted by Gasteiger charge is 2.35. The molecule has 0 heterocycles. The Hall–Kier alpha value is -1.49. The molecule has 0 aliphatic carbocycles. The molecule has 0 saturated carbocycles. The quantitative estimate of drug-likeness (QED) is 0.815. The number of ether oxygens (including phenoxy) is 1. The summed E-state index contributed by atoms with van der Waals surface area (Å²) in [5, 5.41) is 10.7. The van der Waals surface area contributed by atoms with Crippen molar-refractivity contribution in [3.8, 4) is 11.5 Å². The zero-order chi connectivity index (χ0) is 17.1. The molecule has 0 fully saturated rings. The summed E-state index contributed by atoms with van der Waals surface area (Å²) in [7, 11) is 1.63. The molecule has 0 bridgehead atoms. The molecule has 2 rings (SSSR count). The lowest BCUT2D eigenvalue weighted by molar-refractivity contribution is -0.0893. The number of hydrogen-bond donors (Lipinski definition) is 1. The Kier molecular flexibility index (Phi) is 5.40. The average molecular weight is 332 g/mol. The fraction of sp³-hybridized carbons (Fsp3) is 0.333. The largest absolute Gasteiger partial charge is 0.457 e. The number of halogens is 1. The molecule has 2 aromatic rings. The highest BCUT2D eigenvalue weighted by atomic mass is 35.5. The summed E-state index contributed by atoms with van der Waals surface area (Å²) in [6, 6.07) is 14.7. The molecule has 0 unspecified atom stereocenters. The van der Waals surface area contributed by atoms with E-state index in [1.807, 2.05) is 50.2 Å². The summed E-state index contributed by atoms with van der Waals surface area (Å²) in [4.78, 5) is 0. The third kappa shape index (κ3) is 5.00. The fourth-order valence-electron chi connectivity index (χ4n) is 1.68. The first-order valence-electron chi connectivity index (χ1n) is 7.44. The molecule has 0 aliphatic rings. The first-order valence-corrected chi connectivity index (χ1v) is 7.82. The second-order valence-electron chi connectivity index (χ2n) is 6.44. The molecule has 0 saturated heterocycles. The minimum atomic E-state index is -0.960. The van der Waals surface area contributed by atoms with E-state index in [2.05, 4.69) is 0 Å². The smallest absolute Gasteiger partial charge is 0.331 e. The van der Waals surface area contributed by atoms with E-state index in [4.69, 9.17) is 21.0 Å². The van der Waals surface area contributed by atoms with Gasteiger partial charge in [0.15, 0.2) is 0 Å². The predicted molar refractivity (Wildman–Crippen MR) is 94.8 cm³/mol. The van der Waals surface area contributed by atoms with Gasteiger partial charge >= 0.3 is 7.48 Å². The molecule has 0 spiro atoms. The van der Waals surface area contributed by atoms with E-state index in [0.29, 0.717) is 16.5 Å². The third-order valence-corrected chi connectivity index (χ3v) is 4.09. The van der Waals surface area contributed by atoms with E-state index in [0.717, 1.165) is 5.46 Å². The lowest BCUT2D eigenvalue weighted by Crippen LogP contribution is -2.49. The molecule has 1 radical (unpaired) electrons. The highest BCUT2D eigenvalue weighted by Crippen LogP contribution is 2.25. The van der Waals surface area contributed by atoms with Crippen LogP contribution in [0.15, 0.2) is 48.5 Å². The van der Waals surface area contributed by atoms with Crippen molar-refractivity contribution in [1.29, 1.82) is 0 Å². The summed E-state index contributed by atoms with van der Waals surface area (Å²) in [5.74, 6) is 1.36. The van der Waals surface area contributed by atoms with Gasteiger partial charge in [0.25, 0.3) is 0 Å². The molecule has 5 heteroatoms. The van der Waals surface area contributed by atoms with Crippen LogP contribution in [0.25, 0.3) is 0 Å². The molecule has 0 atom stereocenters. The maximum Gasteiger partial charge on any atom is 0.331 e.